The fourth-order valence-electron chi connectivity index (χ4n) is 2.92. The highest BCUT2D eigenvalue weighted by Crippen LogP contribution is 2.21. The summed E-state index contributed by atoms with van der Waals surface area (Å²) in [6.45, 7) is 5.70. The molecule has 10 heteroatoms. The summed E-state index contributed by atoms with van der Waals surface area (Å²) in [6.07, 6.45) is 1.50. The number of hydrogen-bond donors (Lipinski definition) is 1. The van der Waals surface area contributed by atoms with E-state index >= 15 is 0 Å². The number of rotatable bonds is 4. The van der Waals surface area contributed by atoms with E-state index in [9.17, 15) is 8.78 Å². The lowest BCUT2D eigenvalue weighted by Crippen LogP contribution is -2.52. The van der Waals surface area contributed by atoms with Crippen LogP contribution in [0.5, 0.6) is 0 Å². The number of guanidine groups is 1. The van der Waals surface area contributed by atoms with Gasteiger partial charge in [0.15, 0.2) is 5.96 Å². The molecular formula is C17H24F2IN7. The van der Waals surface area contributed by atoms with Gasteiger partial charge in [0.05, 0.1) is 5.69 Å². The highest BCUT2D eigenvalue weighted by Gasteiger charge is 2.22. The van der Waals surface area contributed by atoms with Crippen molar-refractivity contribution in [3.63, 3.8) is 0 Å². The number of aromatic nitrogens is 3. The molecule has 1 N–H and O–H groups in total. The second kappa shape index (κ2) is 9.81. The molecule has 1 aromatic heterocycles. The first kappa shape index (κ1) is 21.3. The number of nitrogens with one attached hydrogen (secondary N) is 1. The zero-order valence-corrected chi connectivity index (χ0v) is 17.7. The molecule has 7 nitrogen and oxygen atoms in total. The van der Waals surface area contributed by atoms with Crippen LogP contribution in [-0.4, -0.2) is 58.3 Å². The van der Waals surface area contributed by atoms with Gasteiger partial charge in [0.25, 0.3) is 0 Å². The Hall–Kier alpha value is -1.98. The van der Waals surface area contributed by atoms with Crippen molar-refractivity contribution in [3.05, 3.63) is 42.0 Å². The van der Waals surface area contributed by atoms with Crippen molar-refractivity contribution in [1.29, 1.82) is 0 Å². The molecule has 0 atom stereocenters. The number of piperazine rings is 1. The summed E-state index contributed by atoms with van der Waals surface area (Å²) < 4.78 is 29.1. The summed E-state index contributed by atoms with van der Waals surface area (Å²) in [5.41, 5.74) is 0.311. The van der Waals surface area contributed by atoms with Crippen molar-refractivity contribution in [2.24, 2.45) is 12.0 Å². The predicted molar refractivity (Wildman–Crippen MR) is 111 cm³/mol. The number of hydrogen-bond acceptors (Lipinski definition) is 4. The van der Waals surface area contributed by atoms with Gasteiger partial charge in [-0.3, -0.25) is 4.68 Å². The van der Waals surface area contributed by atoms with Gasteiger partial charge in [0, 0.05) is 45.8 Å². The van der Waals surface area contributed by atoms with E-state index in [1.165, 1.54) is 18.5 Å². The van der Waals surface area contributed by atoms with Crippen LogP contribution in [-0.2, 0) is 13.6 Å². The Morgan fingerprint density at radius 3 is 2.59 bits per heavy atom. The third-order valence-corrected chi connectivity index (χ3v) is 4.34. The van der Waals surface area contributed by atoms with Crippen LogP contribution in [0.4, 0.5) is 14.5 Å². The molecule has 0 spiro atoms. The molecule has 0 saturated carbocycles. The van der Waals surface area contributed by atoms with E-state index in [4.69, 9.17) is 0 Å². The van der Waals surface area contributed by atoms with E-state index in [2.05, 4.69) is 25.3 Å². The molecule has 0 amide bonds. The first-order valence-corrected chi connectivity index (χ1v) is 8.64. The van der Waals surface area contributed by atoms with Gasteiger partial charge >= 0.3 is 0 Å². The zero-order chi connectivity index (χ0) is 18.5. The molecule has 27 heavy (non-hydrogen) atoms. The van der Waals surface area contributed by atoms with Crippen molar-refractivity contribution in [1.82, 2.24) is 25.0 Å². The summed E-state index contributed by atoms with van der Waals surface area (Å²) in [6, 6.07) is 3.55. The Morgan fingerprint density at radius 1 is 1.22 bits per heavy atom. The van der Waals surface area contributed by atoms with Gasteiger partial charge in [-0.15, -0.1) is 24.0 Å². The van der Waals surface area contributed by atoms with Gasteiger partial charge in [0.2, 0.25) is 0 Å². The number of nitrogens with zero attached hydrogens (tertiary/aromatic N) is 6. The minimum Gasteiger partial charge on any atom is -0.366 e. The lowest BCUT2D eigenvalue weighted by atomic mass is 10.2. The minimum atomic E-state index is -0.428. The fraction of sp³-hybridized carbons (Fsp3) is 0.471. The standard InChI is InChI=1S/C17H23F2N7.HI/c1-3-20-17(21-11-16-22-12-23-24(16)2)26-8-6-25(7-9-26)15-10-13(18)4-5-14(15)19;/h4-5,10,12H,3,6-9,11H2,1-2H3,(H,20,21);1H. The third-order valence-electron chi connectivity index (χ3n) is 4.34. The minimum absolute atomic E-state index is 0. The maximum Gasteiger partial charge on any atom is 0.194 e. The average molecular weight is 491 g/mol. The SMILES string of the molecule is CCNC(=NCc1ncnn1C)N1CCN(c2cc(F)ccc2F)CC1.I. The van der Waals surface area contributed by atoms with Gasteiger partial charge in [-0.2, -0.15) is 5.10 Å². The smallest absolute Gasteiger partial charge is 0.194 e. The predicted octanol–water partition coefficient (Wildman–Crippen LogP) is 2.00. The summed E-state index contributed by atoms with van der Waals surface area (Å²) >= 11 is 0. The zero-order valence-electron chi connectivity index (χ0n) is 15.4. The topological polar surface area (TPSA) is 61.6 Å². The summed E-state index contributed by atoms with van der Waals surface area (Å²) in [5.74, 6) is 0.737. The van der Waals surface area contributed by atoms with Crippen molar-refractivity contribution >= 4 is 35.6 Å². The molecule has 1 saturated heterocycles. The maximum atomic E-state index is 14.0. The van der Waals surface area contributed by atoms with Crippen LogP contribution in [0.1, 0.15) is 12.7 Å². The molecule has 3 rings (SSSR count). The Bertz CT molecular complexity index is 772. The quantitative estimate of drug-likeness (QED) is 0.403. The van der Waals surface area contributed by atoms with Crippen LogP contribution >= 0.6 is 24.0 Å². The van der Waals surface area contributed by atoms with Crippen LogP contribution < -0.4 is 10.2 Å². The van der Waals surface area contributed by atoms with Crippen LogP contribution in [0, 0.1) is 11.6 Å². The van der Waals surface area contributed by atoms with Gasteiger partial charge < -0.3 is 15.1 Å². The second-order valence-corrected chi connectivity index (χ2v) is 6.04. The number of anilines is 1. The molecule has 1 aromatic carbocycles. The summed E-state index contributed by atoms with van der Waals surface area (Å²) in [7, 11) is 1.83. The summed E-state index contributed by atoms with van der Waals surface area (Å²) in [4.78, 5) is 12.8. The molecule has 1 fully saturated rings. The van der Waals surface area contributed by atoms with Crippen LogP contribution in [0.2, 0.25) is 0 Å². The van der Waals surface area contributed by atoms with E-state index in [-0.39, 0.29) is 24.0 Å². The monoisotopic (exact) mass is 491 g/mol. The fourth-order valence-corrected chi connectivity index (χ4v) is 2.92. The number of halogens is 3. The first-order chi connectivity index (χ1) is 12.6. The normalized spacial score (nSPS) is 14.9. The number of benzene rings is 1. The second-order valence-electron chi connectivity index (χ2n) is 6.04. The largest absolute Gasteiger partial charge is 0.366 e. The Labute approximate surface area is 174 Å². The third kappa shape index (κ3) is 5.27. The van der Waals surface area contributed by atoms with Crippen molar-refractivity contribution in [2.75, 3.05) is 37.6 Å². The lowest BCUT2D eigenvalue weighted by Gasteiger charge is -2.37. The Morgan fingerprint density at radius 2 is 1.96 bits per heavy atom. The average Bonchev–Trinajstić information content (AvgIpc) is 3.06. The summed E-state index contributed by atoms with van der Waals surface area (Å²) in [5, 5.41) is 7.32. The van der Waals surface area contributed by atoms with E-state index in [0.717, 1.165) is 24.4 Å². The van der Waals surface area contributed by atoms with Crippen LogP contribution in [0.3, 0.4) is 0 Å². The Balaban J connectivity index is 0.00000261. The van der Waals surface area contributed by atoms with Crippen molar-refractivity contribution in [2.45, 2.75) is 13.5 Å². The highest BCUT2D eigenvalue weighted by molar-refractivity contribution is 14.0. The van der Waals surface area contributed by atoms with E-state index in [1.807, 2.05) is 18.9 Å². The molecule has 1 aliphatic rings. The molecule has 0 unspecified atom stereocenters. The van der Waals surface area contributed by atoms with Crippen molar-refractivity contribution < 1.29 is 8.78 Å². The molecule has 0 radical (unpaired) electrons. The van der Waals surface area contributed by atoms with Gasteiger partial charge in [-0.05, 0) is 19.1 Å². The number of aryl methyl sites for hydroxylation is 1. The van der Waals surface area contributed by atoms with Gasteiger partial charge in [-0.1, -0.05) is 0 Å². The molecule has 148 valence electrons. The van der Waals surface area contributed by atoms with E-state index < -0.39 is 11.6 Å². The number of aliphatic imine (C=N–C) groups is 1. The molecule has 0 aliphatic carbocycles. The molecule has 1 aliphatic heterocycles. The van der Waals surface area contributed by atoms with Gasteiger partial charge in [-0.25, -0.2) is 18.8 Å². The molecule has 2 aromatic rings. The van der Waals surface area contributed by atoms with Crippen LogP contribution in [0.15, 0.2) is 29.5 Å². The van der Waals surface area contributed by atoms with Gasteiger partial charge in [0.1, 0.15) is 30.3 Å². The highest BCUT2D eigenvalue weighted by atomic mass is 127. The maximum absolute atomic E-state index is 14.0. The van der Waals surface area contributed by atoms with E-state index in [1.54, 1.807) is 4.68 Å². The van der Waals surface area contributed by atoms with Crippen LogP contribution in [0.25, 0.3) is 0 Å². The molecule has 0 bridgehead atoms. The first-order valence-electron chi connectivity index (χ1n) is 8.64. The lowest BCUT2D eigenvalue weighted by molar-refractivity contribution is 0.370. The molecule has 2 heterocycles. The van der Waals surface area contributed by atoms with Crippen molar-refractivity contribution in [3.8, 4) is 0 Å². The Kier molecular flexibility index (Phi) is 7.75. The molecular weight excluding hydrogens is 467 g/mol. The van der Waals surface area contributed by atoms with E-state index in [0.29, 0.717) is 38.4 Å².